The summed E-state index contributed by atoms with van der Waals surface area (Å²) in [4.78, 5) is 0. The van der Waals surface area contributed by atoms with Crippen LogP contribution in [0.3, 0.4) is 0 Å². The third-order valence-corrected chi connectivity index (χ3v) is 12.8. The molecule has 0 spiro atoms. The third kappa shape index (κ3) is 10.4. The number of aliphatic hydroxyl groups is 17. The molecule has 12 bridgehead atoms. The maximum Gasteiger partial charge on any atom is 0.286 e. The molecule has 0 aromatic carbocycles. The van der Waals surface area contributed by atoms with Gasteiger partial charge in [0, 0.05) is 0 Å². The van der Waals surface area contributed by atoms with Crippen LogP contribution in [0.2, 0.25) is 0 Å². The van der Waals surface area contributed by atoms with Crippen molar-refractivity contribution in [3.63, 3.8) is 0 Å². The van der Waals surface area contributed by atoms with E-state index in [1.54, 1.807) is 0 Å². The number of rotatable bonds is 7. The highest BCUT2D eigenvalue weighted by Gasteiger charge is 2.59. The summed E-state index contributed by atoms with van der Waals surface area (Å²) in [7, 11) is 0. The molecule has 31 nitrogen and oxygen atoms in total. The van der Waals surface area contributed by atoms with Crippen molar-refractivity contribution in [1.82, 2.24) is 0 Å². The zero-order chi connectivity index (χ0) is 49.5. The second kappa shape index (κ2) is 22.9. The van der Waals surface area contributed by atoms with Crippen LogP contribution in [0.4, 0.5) is 0 Å². The maximum absolute atomic E-state index is 11.4. The van der Waals surface area contributed by atoms with Crippen LogP contribution in [-0.4, -0.2) is 311 Å². The van der Waals surface area contributed by atoms with Gasteiger partial charge >= 0.3 is 0 Å². The van der Waals surface area contributed by atoms with Gasteiger partial charge in [0.1, 0.15) is 140 Å². The SMILES string of the molecule is N#CO[C@@H]1[C@@H](O)[C@H]2O[C@H]3[C@H](O)[C@@H](O)[C@@H](O[C@H]4[C@H](O)[C@@H](O)[C@@H](O[C@H]5[C@H](O)[C@@H](O)[C@@H](O[C@H]6[C@H](O)[C@@H](O)[C@@H](O[C@H]7[C@H](O)[C@@H](O)[C@@H](O[C@H]1[C@@H](CO)O2)O[C@@H]7CO)O[C@@H]6CO)O[C@@H]5CO)O[C@@H]4CO)O[C@@H]3CO. The van der Waals surface area contributed by atoms with Crippen molar-refractivity contribution >= 4 is 0 Å². The van der Waals surface area contributed by atoms with Crippen LogP contribution >= 0.6 is 0 Å². The van der Waals surface area contributed by atoms with Gasteiger partial charge in [0.25, 0.3) is 6.26 Å². The fourth-order valence-electron chi connectivity index (χ4n) is 9.11. The molecule has 22 saturated heterocycles. The monoisotopic (exact) mass is 997 g/mol. The Balaban J connectivity index is 1.21. The van der Waals surface area contributed by atoms with Gasteiger partial charge in [-0.15, -0.1) is 0 Å². The molecule has 17 N–H and O–H groups in total. The van der Waals surface area contributed by atoms with E-state index in [0.29, 0.717) is 0 Å². The minimum atomic E-state index is -2.18. The maximum atomic E-state index is 11.4. The second-order valence-corrected chi connectivity index (χ2v) is 17.0. The van der Waals surface area contributed by atoms with Crippen LogP contribution in [0.15, 0.2) is 0 Å². The van der Waals surface area contributed by atoms with E-state index in [2.05, 4.69) is 0 Å². The zero-order valence-corrected chi connectivity index (χ0v) is 35.4. The number of ether oxygens (including phenoxy) is 13. The van der Waals surface area contributed by atoms with Gasteiger partial charge in [-0.3, -0.25) is 0 Å². The Labute approximate surface area is 383 Å². The molecule has 0 aromatic heterocycles. The second-order valence-electron chi connectivity index (χ2n) is 17.0. The summed E-state index contributed by atoms with van der Waals surface area (Å²) in [6.07, 6.45) is -57.4. The fraction of sp³-hybridized carbons (Fsp3) is 0.973. The van der Waals surface area contributed by atoms with E-state index >= 15 is 0 Å². The normalized spacial score (nSPS) is 53.9. The number of hydrogen-bond acceptors (Lipinski definition) is 31. The topological polar surface area (TPSA) is 488 Å². The lowest BCUT2D eigenvalue weighted by Crippen LogP contribution is -2.69. The minimum Gasteiger partial charge on any atom is -0.418 e. The molecule has 392 valence electrons. The van der Waals surface area contributed by atoms with E-state index in [-0.39, 0.29) is 0 Å². The lowest BCUT2D eigenvalue weighted by atomic mass is 9.94. The minimum absolute atomic E-state index is 1.01. The zero-order valence-electron chi connectivity index (χ0n) is 35.4. The highest BCUT2D eigenvalue weighted by molar-refractivity contribution is 5.01. The fourth-order valence-corrected chi connectivity index (χ4v) is 9.11. The van der Waals surface area contributed by atoms with E-state index in [0.717, 1.165) is 0 Å². The Morgan fingerprint density at radius 2 is 0.471 bits per heavy atom. The first kappa shape index (κ1) is 53.9. The molecule has 31 heteroatoms. The Bertz CT molecular complexity index is 1620. The smallest absolute Gasteiger partial charge is 0.286 e. The van der Waals surface area contributed by atoms with Crippen molar-refractivity contribution in [3.8, 4) is 6.26 Å². The Morgan fingerprint density at radius 3 is 0.676 bits per heavy atom. The highest BCUT2D eigenvalue weighted by Crippen LogP contribution is 2.38. The lowest BCUT2D eigenvalue weighted by molar-refractivity contribution is -0.403. The molecule has 22 rings (SSSR count). The Kier molecular flexibility index (Phi) is 18.2. The molecule has 22 fully saturated rings. The van der Waals surface area contributed by atoms with E-state index in [1.165, 1.54) is 6.26 Å². The van der Waals surface area contributed by atoms with Crippen molar-refractivity contribution in [3.05, 3.63) is 0 Å². The van der Waals surface area contributed by atoms with Crippen LogP contribution in [0.1, 0.15) is 0 Å². The summed E-state index contributed by atoms with van der Waals surface area (Å²) in [6, 6.07) is 0. The lowest BCUT2D eigenvalue weighted by Gasteiger charge is -2.50. The first-order chi connectivity index (χ1) is 32.5. The average molecular weight is 998 g/mol. The molecule has 22 aliphatic heterocycles. The Hall–Kier alpha value is -1.87. The summed E-state index contributed by atoms with van der Waals surface area (Å²) >= 11 is 0. The number of aliphatic hydroxyl groups excluding tert-OH is 17. The molecule has 68 heavy (non-hydrogen) atoms. The summed E-state index contributed by atoms with van der Waals surface area (Å²) in [6.45, 7) is -6.08. The molecular weight excluding hydrogens is 938 g/mol. The van der Waals surface area contributed by atoms with Gasteiger partial charge in [0.2, 0.25) is 0 Å². The molecule has 22 aliphatic rings. The Morgan fingerprint density at radius 1 is 0.279 bits per heavy atom. The van der Waals surface area contributed by atoms with Crippen LogP contribution in [0.5, 0.6) is 0 Å². The van der Waals surface area contributed by atoms with E-state index < -0.39 is 224 Å². The largest absolute Gasteiger partial charge is 0.418 e. The summed E-state index contributed by atoms with van der Waals surface area (Å²) in [5.41, 5.74) is 0. The van der Waals surface area contributed by atoms with Crippen molar-refractivity contribution in [2.45, 2.75) is 184 Å². The third-order valence-electron chi connectivity index (χ3n) is 12.8. The van der Waals surface area contributed by atoms with Crippen LogP contribution in [0.25, 0.3) is 0 Å². The van der Waals surface area contributed by atoms with E-state index in [9.17, 15) is 92.1 Å². The molecule has 0 unspecified atom stereocenters. The first-order valence-corrected chi connectivity index (χ1v) is 21.5. The predicted octanol–water partition coefficient (Wildman–Crippen LogP) is -12.5. The van der Waals surface area contributed by atoms with Crippen molar-refractivity contribution in [2.24, 2.45) is 0 Å². The summed E-state index contributed by atoms with van der Waals surface area (Å²) in [5.74, 6) is 0. The first-order valence-electron chi connectivity index (χ1n) is 21.5. The average Bonchev–Trinajstić information content (AvgIpc) is 3.33. The summed E-state index contributed by atoms with van der Waals surface area (Å²) in [5, 5.41) is 195. The van der Waals surface area contributed by atoms with Crippen LogP contribution in [-0.2, 0) is 61.6 Å². The highest BCUT2D eigenvalue weighted by atomic mass is 16.8. The van der Waals surface area contributed by atoms with Gasteiger partial charge in [-0.05, 0) is 0 Å². The number of nitriles is 1. The molecular formula is C37H59NO30. The summed E-state index contributed by atoms with van der Waals surface area (Å²) < 4.78 is 73.4. The standard InChI is InChI=1S/C37H59NO30/c38-7-56-31-24(55)37-62-13(6-44)30(31)68-36-23(54)18(49)28(11(4-42)61-36)66-34-21(52)16(47)26(9(2-40)59-34)64-32-19(50)14(45)25(8(1-39)57-32)63-33-20(51)15(46)27(10(3-41)58-33)65-35-22(53)17(48)29(67-37)12(5-43)60-35/h8-37,39-55H,1-6H2/t8-,9-,10-,11-,12-,13-,14-,15-,16-,17-,18-,19-,20-,21-,22-,23-,24-,25-,26-,27-,28-,29-,30+,31-,32-,33-,34-,35-,36-,37-/m1/s1. The predicted molar refractivity (Wildman–Crippen MR) is 200 cm³/mol. The molecule has 30 atom stereocenters. The molecule has 0 aliphatic carbocycles. The van der Waals surface area contributed by atoms with Gasteiger partial charge in [0.15, 0.2) is 43.8 Å². The van der Waals surface area contributed by atoms with Gasteiger partial charge in [-0.2, -0.15) is 5.26 Å². The molecule has 0 aromatic rings. The van der Waals surface area contributed by atoms with E-state index in [4.69, 9.17) is 61.6 Å². The molecule has 0 saturated carbocycles. The van der Waals surface area contributed by atoms with Gasteiger partial charge in [0.05, 0.1) is 39.6 Å². The number of hydrogen-bond donors (Lipinski definition) is 17. The van der Waals surface area contributed by atoms with Crippen molar-refractivity contribution < 1.29 is 148 Å². The number of nitrogens with zero attached hydrogens (tertiary/aromatic N) is 1. The van der Waals surface area contributed by atoms with Gasteiger partial charge in [-0.1, -0.05) is 0 Å². The molecule has 0 radical (unpaired) electrons. The van der Waals surface area contributed by atoms with Gasteiger partial charge in [-0.25, -0.2) is 0 Å². The van der Waals surface area contributed by atoms with Gasteiger partial charge < -0.3 is 148 Å². The van der Waals surface area contributed by atoms with Crippen molar-refractivity contribution in [2.75, 3.05) is 39.6 Å². The quantitative estimate of drug-likeness (QED) is 0.105. The molecule has 0 amide bonds. The van der Waals surface area contributed by atoms with Crippen LogP contribution < -0.4 is 0 Å². The molecule has 22 heterocycles. The van der Waals surface area contributed by atoms with Crippen molar-refractivity contribution in [1.29, 1.82) is 5.26 Å². The van der Waals surface area contributed by atoms with Crippen LogP contribution in [0, 0.1) is 11.5 Å². The van der Waals surface area contributed by atoms with E-state index in [1.807, 2.05) is 0 Å².